The Morgan fingerprint density at radius 3 is 2.25 bits per heavy atom. The van der Waals surface area contributed by atoms with Crippen LogP contribution in [0.1, 0.15) is 33.4 Å². The van der Waals surface area contributed by atoms with Crippen LogP contribution in [0.4, 0.5) is 10.7 Å². The maximum absolute atomic E-state index is 11.9. The number of amides is 1. The molecule has 0 aliphatic heterocycles. The van der Waals surface area contributed by atoms with Crippen molar-refractivity contribution in [1.29, 1.82) is 0 Å². The van der Waals surface area contributed by atoms with Crippen LogP contribution in [0, 0.1) is 0 Å². The molecule has 0 aliphatic rings. The van der Waals surface area contributed by atoms with E-state index in [4.69, 9.17) is 11.5 Å². The minimum atomic E-state index is -0.597. The number of hydrogen-bond acceptors (Lipinski definition) is 6. The summed E-state index contributed by atoms with van der Waals surface area (Å²) in [7, 11) is 5.80. The second kappa shape index (κ2) is 6.71. The van der Waals surface area contributed by atoms with Crippen LogP contribution in [0.25, 0.3) is 0 Å². The number of Topliss-reactive ketones (excluding diaryl/α,β-unsaturated/α-hetero) is 1. The topological polar surface area (TPSA) is 92.7 Å². The summed E-state index contributed by atoms with van der Waals surface area (Å²) in [5.41, 5.74) is 11.8. The van der Waals surface area contributed by atoms with Crippen molar-refractivity contribution in [3.8, 4) is 0 Å². The van der Waals surface area contributed by atoms with Gasteiger partial charge in [-0.1, -0.05) is 6.92 Å². The summed E-state index contributed by atoms with van der Waals surface area (Å²) in [6.45, 7) is 3.30. The Kier molecular flexibility index (Phi) is 5.52. The molecule has 0 atom stereocenters. The van der Waals surface area contributed by atoms with Gasteiger partial charge in [-0.3, -0.25) is 9.59 Å². The highest BCUT2D eigenvalue weighted by Crippen LogP contribution is 2.38. The maximum atomic E-state index is 11.9. The first-order chi connectivity index (χ1) is 9.29. The van der Waals surface area contributed by atoms with Crippen molar-refractivity contribution in [2.24, 2.45) is 5.73 Å². The smallest absolute Gasteiger partial charge is 0.253 e. The molecule has 0 saturated heterocycles. The summed E-state index contributed by atoms with van der Waals surface area (Å²) in [4.78, 5) is 27.8. The van der Waals surface area contributed by atoms with Crippen LogP contribution in [0.5, 0.6) is 0 Å². The predicted molar refractivity (Wildman–Crippen MR) is 83.7 cm³/mol. The molecule has 0 aliphatic carbocycles. The molecule has 0 saturated carbocycles. The lowest BCUT2D eigenvalue weighted by atomic mass is 10.1. The lowest BCUT2D eigenvalue weighted by Crippen LogP contribution is -2.29. The molecule has 7 heteroatoms. The molecule has 1 heterocycles. The third-order valence-corrected chi connectivity index (χ3v) is 4.34. The van der Waals surface area contributed by atoms with Gasteiger partial charge in [0.2, 0.25) is 0 Å². The van der Waals surface area contributed by atoms with Gasteiger partial charge in [-0.15, -0.1) is 11.3 Å². The third-order valence-electron chi connectivity index (χ3n) is 2.98. The third kappa shape index (κ3) is 3.49. The molecule has 4 N–H and O–H groups in total. The fourth-order valence-corrected chi connectivity index (χ4v) is 2.98. The number of primary amides is 1. The molecule has 1 rings (SSSR count). The summed E-state index contributed by atoms with van der Waals surface area (Å²) in [5, 5.41) is 0.661. The molecule has 1 aromatic heterocycles. The van der Waals surface area contributed by atoms with Crippen LogP contribution in [0.15, 0.2) is 0 Å². The first-order valence-electron chi connectivity index (χ1n) is 6.40. The average Bonchev–Trinajstić information content (AvgIpc) is 2.72. The summed E-state index contributed by atoms with van der Waals surface area (Å²) in [5.74, 6) is -0.664. The Bertz CT molecular complexity index is 511. The van der Waals surface area contributed by atoms with Gasteiger partial charge in [-0.2, -0.15) is 0 Å². The zero-order chi connectivity index (χ0) is 15.4. The fourth-order valence-electron chi connectivity index (χ4n) is 1.76. The summed E-state index contributed by atoms with van der Waals surface area (Å²) < 4.78 is 0. The van der Waals surface area contributed by atoms with Crippen LogP contribution in [-0.4, -0.2) is 50.8 Å². The quantitative estimate of drug-likeness (QED) is 0.733. The molecular weight excluding hydrogens is 276 g/mol. The number of carbonyl (C=O) groups is 2. The van der Waals surface area contributed by atoms with Gasteiger partial charge >= 0.3 is 0 Å². The first kappa shape index (κ1) is 16.5. The van der Waals surface area contributed by atoms with Crippen molar-refractivity contribution in [2.45, 2.75) is 13.3 Å². The Hall–Kier alpha value is -1.60. The van der Waals surface area contributed by atoms with Crippen LogP contribution in [0.3, 0.4) is 0 Å². The summed E-state index contributed by atoms with van der Waals surface area (Å²) >= 11 is 1.24. The number of hydrogen-bond donors (Lipinski definition) is 2. The van der Waals surface area contributed by atoms with E-state index in [0.717, 1.165) is 6.54 Å². The highest BCUT2D eigenvalue weighted by atomic mass is 32.1. The Morgan fingerprint density at radius 2 is 1.80 bits per heavy atom. The minimum Gasteiger partial charge on any atom is -0.397 e. The molecule has 20 heavy (non-hydrogen) atoms. The second-order valence-electron chi connectivity index (χ2n) is 4.89. The van der Waals surface area contributed by atoms with Crippen molar-refractivity contribution in [1.82, 2.24) is 4.90 Å². The standard InChI is InChI=1S/C13H22N4O2S/c1-5-8(18)11-10(14)9(12(15)19)13(20-11)17(4)7-6-16(2)3/h5-7,14H2,1-4H3,(H2,15,19). The van der Waals surface area contributed by atoms with Gasteiger partial charge in [0.15, 0.2) is 5.78 Å². The Morgan fingerprint density at radius 1 is 1.20 bits per heavy atom. The molecule has 0 bridgehead atoms. The molecule has 0 fully saturated rings. The number of ketones is 1. The van der Waals surface area contributed by atoms with Crippen molar-refractivity contribution in [3.63, 3.8) is 0 Å². The largest absolute Gasteiger partial charge is 0.397 e. The van der Waals surface area contributed by atoms with Crippen molar-refractivity contribution in [2.75, 3.05) is 44.9 Å². The summed E-state index contributed by atoms with van der Waals surface area (Å²) in [6, 6.07) is 0. The van der Waals surface area contributed by atoms with Crippen molar-refractivity contribution in [3.05, 3.63) is 10.4 Å². The highest BCUT2D eigenvalue weighted by Gasteiger charge is 2.25. The number of nitrogens with two attached hydrogens (primary N) is 2. The van der Waals surface area contributed by atoms with Gasteiger partial charge in [-0.25, -0.2) is 0 Å². The second-order valence-corrected chi connectivity index (χ2v) is 5.89. The molecule has 0 radical (unpaired) electrons. The molecule has 6 nitrogen and oxygen atoms in total. The molecule has 0 spiro atoms. The zero-order valence-corrected chi connectivity index (χ0v) is 13.2. The molecule has 112 valence electrons. The first-order valence-corrected chi connectivity index (χ1v) is 7.22. The van der Waals surface area contributed by atoms with E-state index in [1.54, 1.807) is 6.92 Å². The van der Waals surface area contributed by atoms with Crippen molar-refractivity contribution < 1.29 is 9.59 Å². The van der Waals surface area contributed by atoms with E-state index in [1.165, 1.54) is 11.3 Å². The highest BCUT2D eigenvalue weighted by molar-refractivity contribution is 7.19. The lowest BCUT2D eigenvalue weighted by molar-refractivity contribution is 0.0991. The normalized spacial score (nSPS) is 10.8. The number of thiophene rings is 1. The Labute approximate surface area is 123 Å². The van der Waals surface area contributed by atoms with E-state index in [0.29, 0.717) is 22.8 Å². The van der Waals surface area contributed by atoms with Crippen LogP contribution < -0.4 is 16.4 Å². The van der Waals surface area contributed by atoms with Gasteiger partial charge < -0.3 is 21.3 Å². The number of rotatable bonds is 7. The van der Waals surface area contributed by atoms with E-state index >= 15 is 0 Å². The van der Waals surface area contributed by atoms with Crippen LogP contribution >= 0.6 is 11.3 Å². The molecule has 1 amide bonds. The van der Waals surface area contributed by atoms with Gasteiger partial charge in [0, 0.05) is 26.6 Å². The van der Waals surface area contributed by atoms with E-state index in [9.17, 15) is 9.59 Å². The Balaban J connectivity index is 3.17. The van der Waals surface area contributed by atoms with E-state index < -0.39 is 5.91 Å². The fraction of sp³-hybridized carbons (Fsp3) is 0.538. The van der Waals surface area contributed by atoms with Crippen molar-refractivity contribution >= 4 is 33.7 Å². The number of carbonyl (C=O) groups excluding carboxylic acids is 2. The minimum absolute atomic E-state index is 0.0674. The number of anilines is 2. The molecule has 0 aromatic carbocycles. The van der Waals surface area contributed by atoms with Crippen LogP contribution in [-0.2, 0) is 0 Å². The number of nitrogens with zero attached hydrogens (tertiary/aromatic N) is 2. The molecule has 1 aromatic rings. The molecular formula is C13H22N4O2S. The summed E-state index contributed by atoms with van der Waals surface area (Å²) in [6.07, 6.45) is 0.351. The van der Waals surface area contributed by atoms with Crippen LogP contribution in [0.2, 0.25) is 0 Å². The van der Waals surface area contributed by atoms with Gasteiger partial charge in [0.05, 0.1) is 16.1 Å². The number of nitrogen functional groups attached to an aromatic ring is 1. The average molecular weight is 298 g/mol. The predicted octanol–water partition coefficient (Wildman–Crippen LogP) is 1.02. The van der Waals surface area contributed by atoms with Gasteiger partial charge in [-0.05, 0) is 14.1 Å². The SMILES string of the molecule is CCC(=O)c1sc(N(C)CCN(C)C)c(C(N)=O)c1N. The zero-order valence-electron chi connectivity index (χ0n) is 12.4. The van der Waals surface area contributed by atoms with E-state index in [1.807, 2.05) is 30.9 Å². The number of likely N-dealkylation sites (N-methyl/N-ethyl adjacent to an activating group) is 2. The van der Waals surface area contributed by atoms with Gasteiger partial charge in [0.25, 0.3) is 5.91 Å². The maximum Gasteiger partial charge on any atom is 0.253 e. The van der Waals surface area contributed by atoms with E-state index in [-0.39, 0.29) is 17.0 Å². The molecule has 0 unspecified atom stereocenters. The van der Waals surface area contributed by atoms with Gasteiger partial charge in [0.1, 0.15) is 5.00 Å². The lowest BCUT2D eigenvalue weighted by Gasteiger charge is -2.20. The monoisotopic (exact) mass is 298 g/mol. The van der Waals surface area contributed by atoms with E-state index in [2.05, 4.69) is 0 Å².